The van der Waals surface area contributed by atoms with Gasteiger partial charge >= 0.3 is 6.09 Å². The number of rotatable bonds is 5. The van der Waals surface area contributed by atoms with Gasteiger partial charge in [-0.1, -0.05) is 48.7 Å². The molecule has 0 atom stereocenters. The molecule has 1 aromatic carbocycles. The molecule has 178 valence electrons. The first-order valence-corrected chi connectivity index (χ1v) is 12.4. The number of hydrogen-bond donors (Lipinski definition) is 2. The van der Waals surface area contributed by atoms with Gasteiger partial charge in [-0.3, -0.25) is 9.98 Å². The Morgan fingerprint density at radius 3 is 2.59 bits per heavy atom. The van der Waals surface area contributed by atoms with Crippen LogP contribution in [0.5, 0.6) is 0 Å². The molecule has 2 aliphatic heterocycles. The third kappa shape index (κ3) is 4.62. The quantitative estimate of drug-likeness (QED) is 0.601. The minimum atomic E-state index is -0.403. The molecule has 0 bridgehead atoms. The number of anilines is 1. The van der Waals surface area contributed by atoms with Crippen LogP contribution in [0, 0.1) is 0 Å². The van der Waals surface area contributed by atoms with E-state index in [4.69, 9.17) is 27.1 Å². The van der Waals surface area contributed by atoms with Gasteiger partial charge in [0.15, 0.2) is 0 Å². The molecule has 3 aliphatic rings. The second-order valence-electron chi connectivity index (χ2n) is 9.35. The number of nitrogens with one attached hydrogen (secondary N) is 1. The number of nitrogens with two attached hydrogens (primary N) is 1. The lowest BCUT2D eigenvalue weighted by Crippen LogP contribution is -2.46. The van der Waals surface area contributed by atoms with Gasteiger partial charge in [-0.05, 0) is 24.0 Å². The van der Waals surface area contributed by atoms with Crippen LogP contribution >= 0.6 is 11.6 Å². The number of allylic oxidation sites excluding steroid dienone is 1. The molecule has 1 saturated carbocycles. The van der Waals surface area contributed by atoms with Crippen molar-refractivity contribution in [1.29, 1.82) is 0 Å². The number of piperidine rings is 1. The molecule has 8 heteroatoms. The van der Waals surface area contributed by atoms with Gasteiger partial charge < -0.3 is 20.7 Å². The van der Waals surface area contributed by atoms with Gasteiger partial charge in [-0.15, -0.1) is 0 Å². The molecule has 1 aliphatic carbocycles. The summed E-state index contributed by atoms with van der Waals surface area (Å²) in [7, 11) is 0. The molecule has 7 nitrogen and oxygen atoms in total. The minimum absolute atomic E-state index is 0.324. The van der Waals surface area contributed by atoms with Crippen LogP contribution in [0.2, 0.25) is 5.02 Å². The Kier molecular flexibility index (Phi) is 6.46. The molecule has 3 fully saturated rings. The van der Waals surface area contributed by atoms with Gasteiger partial charge in [0.05, 0.1) is 17.3 Å². The van der Waals surface area contributed by atoms with E-state index in [0.29, 0.717) is 17.6 Å². The van der Waals surface area contributed by atoms with Gasteiger partial charge in [0.2, 0.25) is 0 Å². The Labute approximate surface area is 205 Å². The van der Waals surface area contributed by atoms with Crippen LogP contribution in [0.4, 0.5) is 10.5 Å². The van der Waals surface area contributed by atoms with E-state index < -0.39 is 5.60 Å². The fraction of sp³-hybridized carbons (Fsp3) is 0.423. The van der Waals surface area contributed by atoms with E-state index in [1.807, 2.05) is 12.4 Å². The number of carbonyl (C=O) groups is 1. The van der Waals surface area contributed by atoms with Gasteiger partial charge in [0, 0.05) is 67.9 Å². The number of halogens is 1. The second-order valence-corrected chi connectivity index (χ2v) is 9.75. The fourth-order valence-corrected chi connectivity index (χ4v) is 5.45. The number of amides is 1. The number of aliphatic imine (C=N–C) groups is 1. The van der Waals surface area contributed by atoms with Gasteiger partial charge in [0.1, 0.15) is 5.60 Å². The number of nitrogens with zero attached hydrogens (tertiary/aromatic N) is 3. The zero-order chi connectivity index (χ0) is 23.5. The largest absolute Gasteiger partial charge is 0.441 e. The lowest BCUT2D eigenvalue weighted by atomic mass is 9.91. The second kappa shape index (κ2) is 9.66. The molecular formula is C26H30ClN5O2. The molecule has 1 spiro atoms. The summed E-state index contributed by atoms with van der Waals surface area (Å²) in [5, 5.41) is 3.40. The van der Waals surface area contributed by atoms with Crippen molar-refractivity contribution in [3.05, 3.63) is 53.4 Å². The summed E-state index contributed by atoms with van der Waals surface area (Å²) in [6, 6.07) is 8.70. The van der Waals surface area contributed by atoms with Gasteiger partial charge in [-0.25, -0.2) is 4.79 Å². The van der Waals surface area contributed by atoms with E-state index in [2.05, 4.69) is 39.5 Å². The number of aromatic nitrogens is 1. The van der Waals surface area contributed by atoms with Crippen LogP contribution in [-0.4, -0.2) is 48.6 Å². The summed E-state index contributed by atoms with van der Waals surface area (Å²) in [6.45, 7) is 2.07. The molecule has 1 amide bonds. The van der Waals surface area contributed by atoms with E-state index in [-0.39, 0.29) is 6.09 Å². The lowest BCUT2D eigenvalue weighted by Gasteiger charge is -2.39. The SMILES string of the molecule is NC=C(C=NC1CCCC1)c1ccc(-c2cncc(Cl)c2N2CCC3(CC2)CNC(=O)O3)cc1. The Morgan fingerprint density at radius 2 is 1.94 bits per heavy atom. The Bertz CT molecular complexity index is 1100. The zero-order valence-electron chi connectivity index (χ0n) is 19.2. The highest BCUT2D eigenvalue weighted by atomic mass is 35.5. The maximum atomic E-state index is 11.6. The van der Waals surface area contributed by atoms with Crippen LogP contribution in [0.15, 0.2) is 47.9 Å². The third-order valence-corrected chi connectivity index (χ3v) is 7.46. The summed E-state index contributed by atoms with van der Waals surface area (Å²) in [5.74, 6) is 0. The van der Waals surface area contributed by atoms with E-state index in [1.165, 1.54) is 12.8 Å². The Balaban J connectivity index is 1.35. The van der Waals surface area contributed by atoms with Crippen LogP contribution in [0.1, 0.15) is 44.1 Å². The minimum Gasteiger partial charge on any atom is -0.441 e. The van der Waals surface area contributed by atoms with Crippen molar-refractivity contribution in [2.75, 3.05) is 24.5 Å². The number of hydrogen-bond acceptors (Lipinski definition) is 6. The normalized spacial score (nSPS) is 20.8. The number of alkyl carbamates (subject to hydrolysis) is 1. The molecule has 2 saturated heterocycles. The molecular weight excluding hydrogens is 450 g/mol. The van der Waals surface area contributed by atoms with Crippen molar-refractivity contribution in [2.45, 2.75) is 50.2 Å². The highest BCUT2D eigenvalue weighted by Gasteiger charge is 2.43. The predicted molar refractivity (Wildman–Crippen MR) is 136 cm³/mol. The van der Waals surface area contributed by atoms with Crippen molar-refractivity contribution < 1.29 is 9.53 Å². The Morgan fingerprint density at radius 1 is 1.21 bits per heavy atom. The maximum absolute atomic E-state index is 11.6. The summed E-state index contributed by atoms with van der Waals surface area (Å²) < 4.78 is 5.57. The average Bonchev–Trinajstić information content (AvgIpc) is 3.50. The highest BCUT2D eigenvalue weighted by Crippen LogP contribution is 2.40. The first-order chi connectivity index (χ1) is 16.6. The van der Waals surface area contributed by atoms with E-state index in [1.54, 1.807) is 12.4 Å². The summed E-state index contributed by atoms with van der Waals surface area (Å²) in [4.78, 5) is 22.9. The smallest absolute Gasteiger partial charge is 0.407 e. The first-order valence-electron chi connectivity index (χ1n) is 12.0. The summed E-state index contributed by atoms with van der Waals surface area (Å²) in [5.41, 5.74) is 10.4. The lowest BCUT2D eigenvalue weighted by molar-refractivity contribution is 0.0367. The van der Waals surface area contributed by atoms with Crippen LogP contribution < -0.4 is 16.0 Å². The maximum Gasteiger partial charge on any atom is 0.407 e. The summed E-state index contributed by atoms with van der Waals surface area (Å²) >= 11 is 6.65. The van der Waals surface area contributed by atoms with Crippen LogP contribution in [0.25, 0.3) is 16.7 Å². The number of ether oxygens (including phenoxy) is 1. The van der Waals surface area contributed by atoms with Crippen molar-refractivity contribution in [1.82, 2.24) is 10.3 Å². The zero-order valence-corrected chi connectivity index (χ0v) is 19.9. The molecule has 2 aromatic rings. The predicted octanol–water partition coefficient (Wildman–Crippen LogP) is 4.79. The first kappa shape index (κ1) is 22.7. The summed E-state index contributed by atoms with van der Waals surface area (Å²) in [6.07, 6.45) is 13.1. The van der Waals surface area contributed by atoms with E-state index >= 15 is 0 Å². The van der Waals surface area contributed by atoms with Gasteiger partial charge in [-0.2, -0.15) is 0 Å². The molecule has 34 heavy (non-hydrogen) atoms. The van der Waals surface area contributed by atoms with Crippen molar-refractivity contribution in [3.8, 4) is 11.1 Å². The highest BCUT2D eigenvalue weighted by molar-refractivity contribution is 6.33. The molecule has 3 heterocycles. The Hall–Kier alpha value is -3.06. The van der Waals surface area contributed by atoms with Gasteiger partial charge in [0.25, 0.3) is 0 Å². The average molecular weight is 480 g/mol. The molecule has 0 radical (unpaired) electrons. The van der Waals surface area contributed by atoms with Crippen molar-refractivity contribution in [3.63, 3.8) is 0 Å². The fourth-order valence-electron chi connectivity index (χ4n) is 5.17. The van der Waals surface area contributed by atoms with Crippen LogP contribution in [0.3, 0.4) is 0 Å². The third-order valence-electron chi connectivity index (χ3n) is 7.19. The molecule has 5 rings (SSSR count). The topological polar surface area (TPSA) is 92.8 Å². The van der Waals surface area contributed by atoms with E-state index in [0.717, 1.165) is 66.7 Å². The van der Waals surface area contributed by atoms with Crippen molar-refractivity contribution >= 4 is 35.2 Å². The standard InChI is InChI=1S/C26H30ClN5O2/c27-23-16-29-15-22(24(23)32-11-9-26(10-12-32)17-31-25(33)34-26)19-7-5-18(6-8-19)20(13-28)14-30-21-3-1-2-4-21/h5-8,13-16,21H,1-4,9-12,17,28H2,(H,31,33). The number of pyridine rings is 1. The number of benzene rings is 1. The molecule has 0 unspecified atom stereocenters. The number of carbonyl (C=O) groups excluding carboxylic acids is 1. The van der Waals surface area contributed by atoms with Crippen molar-refractivity contribution in [2.24, 2.45) is 10.7 Å². The monoisotopic (exact) mass is 479 g/mol. The van der Waals surface area contributed by atoms with E-state index in [9.17, 15) is 4.79 Å². The molecule has 3 N–H and O–H groups in total. The molecule has 1 aromatic heterocycles. The van der Waals surface area contributed by atoms with Crippen LogP contribution in [-0.2, 0) is 4.74 Å².